The fourth-order valence-corrected chi connectivity index (χ4v) is 1.74. The van der Waals surface area contributed by atoms with Crippen molar-refractivity contribution in [2.45, 2.75) is 0 Å². The maximum atomic E-state index is 8.11. The average molecular weight is 220 g/mol. The first-order valence-electron chi connectivity index (χ1n) is 5.37. The van der Waals surface area contributed by atoms with Crippen molar-refractivity contribution < 1.29 is 9.47 Å². The molecule has 16 heavy (non-hydrogen) atoms. The van der Waals surface area contributed by atoms with Crippen LogP contribution in [0.5, 0.6) is 5.75 Å². The Morgan fingerprint density at radius 2 is 2.12 bits per heavy atom. The molecule has 4 nitrogen and oxygen atoms in total. The van der Waals surface area contributed by atoms with Gasteiger partial charge in [-0.2, -0.15) is 0 Å². The van der Waals surface area contributed by atoms with Gasteiger partial charge in [0.05, 0.1) is 20.3 Å². The van der Waals surface area contributed by atoms with E-state index in [-0.39, 0.29) is 0 Å². The first kappa shape index (κ1) is 11.0. The minimum atomic E-state index is 0.544. The molecule has 86 valence electrons. The summed E-state index contributed by atoms with van der Waals surface area (Å²) in [5, 5.41) is 8.11. The summed E-state index contributed by atoms with van der Waals surface area (Å²) in [5.74, 6) is 1.33. The lowest BCUT2D eigenvalue weighted by atomic mass is 10.1. The Bertz CT molecular complexity index is 373. The minimum Gasteiger partial charge on any atom is -0.497 e. The Hall–Kier alpha value is -1.55. The number of morpholine rings is 1. The summed E-state index contributed by atoms with van der Waals surface area (Å²) >= 11 is 0. The highest BCUT2D eigenvalue weighted by Crippen LogP contribution is 2.14. The lowest BCUT2D eigenvalue weighted by Gasteiger charge is -2.29. The van der Waals surface area contributed by atoms with Gasteiger partial charge >= 0.3 is 0 Å². The Kier molecular flexibility index (Phi) is 3.41. The van der Waals surface area contributed by atoms with E-state index in [1.807, 2.05) is 29.2 Å². The number of hydrogen-bond acceptors (Lipinski definition) is 3. The number of ether oxygens (including phenoxy) is 2. The smallest absolute Gasteiger partial charge is 0.128 e. The molecule has 0 aliphatic carbocycles. The van der Waals surface area contributed by atoms with Gasteiger partial charge in [0.2, 0.25) is 0 Å². The maximum absolute atomic E-state index is 8.11. The van der Waals surface area contributed by atoms with E-state index >= 15 is 0 Å². The van der Waals surface area contributed by atoms with Gasteiger partial charge < -0.3 is 14.4 Å². The van der Waals surface area contributed by atoms with Gasteiger partial charge in [-0.05, 0) is 12.1 Å². The third-order valence-electron chi connectivity index (χ3n) is 2.67. The molecule has 0 saturated carbocycles. The van der Waals surface area contributed by atoms with Crippen LogP contribution in [0.4, 0.5) is 0 Å². The molecule has 0 bridgehead atoms. The number of amidine groups is 1. The summed E-state index contributed by atoms with van der Waals surface area (Å²) in [6.45, 7) is 2.98. The molecule has 1 N–H and O–H groups in total. The van der Waals surface area contributed by atoms with Gasteiger partial charge in [0.25, 0.3) is 0 Å². The Balaban J connectivity index is 2.12. The SMILES string of the molecule is COc1cccc(C(=N)N2CCOCC2)c1. The van der Waals surface area contributed by atoms with E-state index < -0.39 is 0 Å². The quantitative estimate of drug-likeness (QED) is 0.604. The Labute approximate surface area is 95.3 Å². The van der Waals surface area contributed by atoms with Crippen LogP contribution in [0, 0.1) is 5.41 Å². The number of nitrogens with zero attached hydrogens (tertiary/aromatic N) is 1. The summed E-state index contributed by atoms with van der Waals surface area (Å²) in [7, 11) is 1.64. The van der Waals surface area contributed by atoms with E-state index in [1.165, 1.54) is 0 Å². The molecule has 1 aromatic carbocycles. The van der Waals surface area contributed by atoms with E-state index in [4.69, 9.17) is 14.9 Å². The summed E-state index contributed by atoms with van der Waals surface area (Å²) in [6.07, 6.45) is 0. The van der Waals surface area contributed by atoms with E-state index in [0.29, 0.717) is 19.0 Å². The average Bonchev–Trinajstić information content (AvgIpc) is 2.39. The lowest BCUT2D eigenvalue weighted by Crippen LogP contribution is -2.40. The molecule has 4 heteroatoms. The van der Waals surface area contributed by atoms with Gasteiger partial charge in [0.15, 0.2) is 0 Å². The molecule has 2 rings (SSSR count). The van der Waals surface area contributed by atoms with Gasteiger partial charge in [0.1, 0.15) is 11.6 Å². The van der Waals surface area contributed by atoms with Crippen molar-refractivity contribution >= 4 is 5.84 Å². The van der Waals surface area contributed by atoms with Gasteiger partial charge in [-0.1, -0.05) is 12.1 Å². The van der Waals surface area contributed by atoms with Crippen LogP contribution in [0.3, 0.4) is 0 Å². The number of nitrogens with one attached hydrogen (secondary N) is 1. The second kappa shape index (κ2) is 4.99. The largest absolute Gasteiger partial charge is 0.497 e. The fourth-order valence-electron chi connectivity index (χ4n) is 1.74. The minimum absolute atomic E-state index is 0.544. The summed E-state index contributed by atoms with van der Waals surface area (Å²) < 4.78 is 10.4. The second-order valence-electron chi connectivity index (χ2n) is 3.68. The van der Waals surface area contributed by atoms with Crippen LogP contribution in [0.1, 0.15) is 5.56 Å². The molecule has 0 spiro atoms. The topological polar surface area (TPSA) is 45.5 Å². The van der Waals surface area contributed by atoms with Gasteiger partial charge in [-0.25, -0.2) is 0 Å². The van der Waals surface area contributed by atoms with Crippen LogP contribution in [0.25, 0.3) is 0 Å². The van der Waals surface area contributed by atoms with E-state index in [0.717, 1.165) is 24.4 Å². The van der Waals surface area contributed by atoms with E-state index in [1.54, 1.807) is 7.11 Å². The van der Waals surface area contributed by atoms with Crippen LogP contribution < -0.4 is 4.74 Å². The second-order valence-corrected chi connectivity index (χ2v) is 3.68. The van der Waals surface area contributed by atoms with Crippen LogP contribution in [0.15, 0.2) is 24.3 Å². The summed E-state index contributed by atoms with van der Waals surface area (Å²) in [6, 6.07) is 7.61. The lowest BCUT2D eigenvalue weighted by molar-refractivity contribution is 0.0680. The highest BCUT2D eigenvalue weighted by atomic mass is 16.5. The highest BCUT2D eigenvalue weighted by Gasteiger charge is 2.15. The number of methoxy groups -OCH3 is 1. The first-order chi connectivity index (χ1) is 7.81. The predicted molar refractivity (Wildman–Crippen MR) is 62.2 cm³/mol. The molecule has 1 fully saturated rings. The van der Waals surface area contributed by atoms with Crippen molar-refractivity contribution in [3.05, 3.63) is 29.8 Å². The van der Waals surface area contributed by atoms with Crippen molar-refractivity contribution in [3.63, 3.8) is 0 Å². The number of rotatable bonds is 2. The number of hydrogen-bond donors (Lipinski definition) is 1. The summed E-state index contributed by atoms with van der Waals surface area (Å²) in [5.41, 5.74) is 0.890. The molecule has 0 unspecified atom stereocenters. The predicted octanol–water partition coefficient (Wildman–Crippen LogP) is 1.35. The molecule has 1 saturated heterocycles. The van der Waals surface area contributed by atoms with Crippen molar-refractivity contribution in [1.82, 2.24) is 4.90 Å². The Morgan fingerprint density at radius 3 is 2.81 bits per heavy atom. The highest BCUT2D eigenvalue weighted by molar-refractivity contribution is 5.96. The molecule has 0 atom stereocenters. The number of benzene rings is 1. The van der Waals surface area contributed by atoms with E-state index in [9.17, 15) is 0 Å². The molecular formula is C12H16N2O2. The van der Waals surface area contributed by atoms with Crippen LogP contribution in [-0.4, -0.2) is 44.1 Å². The maximum Gasteiger partial charge on any atom is 0.128 e. The molecule has 1 aliphatic rings. The van der Waals surface area contributed by atoms with Gasteiger partial charge in [-0.3, -0.25) is 5.41 Å². The Morgan fingerprint density at radius 1 is 1.38 bits per heavy atom. The van der Waals surface area contributed by atoms with Gasteiger partial charge in [0, 0.05) is 18.7 Å². The van der Waals surface area contributed by atoms with Crippen molar-refractivity contribution in [2.24, 2.45) is 0 Å². The molecule has 1 heterocycles. The molecule has 1 aromatic rings. The first-order valence-corrected chi connectivity index (χ1v) is 5.37. The van der Waals surface area contributed by atoms with Crippen molar-refractivity contribution in [2.75, 3.05) is 33.4 Å². The third-order valence-corrected chi connectivity index (χ3v) is 2.67. The van der Waals surface area contributed by atoms with Gasteiger partial charge in [-0.15, -0.1) is 0 Å². The normalized spacial score (nSPS) is 15.9. The summed E-state index contributed by atoms with van der Waals surface area (Å²) in [4.78, 5) is 2.03. The van der Waals surface area contributed by atoms with Crippen molar-refractivity contribution in [3.8, 4) is 5.75 Å². The molecular weight excluding hydrogens is 204 g/mol. The van der Waals surface area contributed by atoms with Crippen LogP contribution in [0.2, 0.25) is 0 Å². The van der Waals surface area contributed by atoms with Crippen LogP contribution >= 0.6 is 0 Å². The molecule has 0 radical (unpaired) electrons. The zero-order valence-corrected chi connectivity index (χ0v) is 9.40. The van der Waals surface area contributed by atoms with Crippen molar-refractivity contribution in [1.29, 1.82) is 5.41 Å². The molecule has 0 aromatic heterocycles. The fraction of sp³-hybridized carbons (Fsp3) is 0.417. The standard InChI is InChI=1S/C12H16N2O2/c1-15-11-4-2-3-10(9-11)12(13)14-5-7-16-8-6-14/h2-4,9,13H,5-8H2,1H3. The zero-order valence-electron chi connectivity index (χ0n) is 9.40. The third kappa shape index (κ3) is 2.33. The van der Waals surface area contributed by atoms with E-state index in [2.05, 4.69) is 0 Å². The molecule has 0 amide bonds. The zero-order chi connectivity index (χ0) is 11.4. The molecule has 1 aliphatic heterocycles. The van der Waals surface area contributed by atoms with Crippen LogP contribution in [-0.2, 0) is 4.74 Å². The monoisotopic (exact) mass is 220 g/mol.